The molecule has 1 fully saturated rings. The number of nitrogens with zero attached hydrogens (tertiary/aromatic N) is 2. The maximum Gasteiger partial charge on any atom is 0.238 e. The molecular formula is C36H43N7O4. The molecule has 0 spiro atoms. The molecule has 9 rings (SSSR count). The highest BCUT2D eigenvalue weighted by Gasteiger charge is 2.26. The second-order valence-corrected chi connectivity index (χ2v) is 12.5. The lowest BCUT2D eigenvalue weighted by atomic mass is 9.87. The predicted molar refractivity (Wildman–Crippen MR) is 182 cm³/mol. The quantitative estimate of drug-likeness (QED) is 0.217. The highest BCUT2D eigenvalue weighted by molar-refractivity contribution is 5.95. The Bertz CT molecular complexity index is 1580. The van der Waals surface area contributed by atoms with Gasteiger partial charge < -0.3 is 21.7 Å². The van der Waals surface area contributed by atoms with Crippen LogP contribution in [-0.4, -0.2) is 78.4 Å². The van der Waals surface area contributed by atoms with E-state index in [1.54, 1.807) is 12.1 Å². The Balaban J connectivity index is 1.32. The van der Waals surface area contributed by atoms with Gasteiger partial charge in [-0.1, -0.05) is 55.5 Å². The van der Waals surface area contributed by atoms with Crippen molar-refractivity contribution in [3.63, 3.8) is 0 Å². The van der Waals surface area contributed by atoms with Gasteiger partial charge in [0.15, 0.2) is 0 Å². The number of hydrogen-bond donors (Lipinski definition) is 5. The van der Waals surface area contributed by atoms with Crippen molar-refractivity contribution < 1.29 is 19.2 Å². The van der Waals surface area contributed by atoms with E-state index in [-0.39, 0.29) is 61.3 Å². The molecular weight excluding hydrogens is 594 g/mol. The van der Waals surface area contributed by atoms with Crippen LogP contribution in [0.15, 0.2) is 72.8 Å². The molecule has 6 aliphatic heterocycles. The number of nitrogens with one attached hydrogen (secondary N) is 4. The topological polar surface area (TPSA) is 161 Å². The third kappa shape index (κ3) is 9.81. The third-order valence-electron chi connectivity index (χ3n) is 8.80. The van der Waals surface area contributed by atoms with Crippen LogP contribution in [0.4, 0.5) is 11.4 Å². The van der Waals surface area contributed by atoms with Crippen molar-refractivity contribution in [2.45, 2.75) is 32.7 Å². The lowest BCUT2D eigenvalue weighted by Gasteiger charge is -2.33. The molecule has 6 aliphatic rings. The van der Waals surface area contributed by atoms with E-state index in [9.17, 15) is 19.2 Å². The van der Waals surface area contributed by atoms with Gasteiger partial charge in [-0.05, 0) is 53.8 Å². The number of benzene rings is 3. The maximum absolute atomic E-state index is 13.5. The summed E-state index contributed by atoms with van der Waals surface area (Å²) in [7, 11) is 0. The molecule has 47 heavy (non-hydrogen) atoms. The van der Waals surface area contributed by atoms with Gasteiger partial charge in [0.1, 0.15) is 11.6 Å². The van der Waals surface area contributed by atoms with Gasteiger partial charge in [-0.3, -0.25) is 34.4 Å². The maximum atomic E-state index is 13.5. The van der Waals surface area contributed by atoms with Crippen LogP contribution in [0.25, 0.3) is 0 Å². The van der Waals surface area contributed by atoms with Crippen molar-refractivity contribution in [3.05, 3.63) is 95.1 Å². The summed E-state index contributed by atoms with van der Waals surface area (Å²) in [5.41, 5.74) is 10.2. The number of Topliss-reactive ketones (excluding diaryl/α,β-unsaturated/α-hetero) is 1. The fraction of sp³-hybridized carbons (Fsp3) is 0.361. The van der Waals surface area contributed by atoms with Gasteiger partial charge >= 0.3 is 0 Å². The van der Waals surface area contributed by atoms with Gasteiger partial charge in [-0.2, -0.15) is 0 Å². The van der Waals surface area contributed by atoms with Crippen LogP contribution in [0, 0.1) is 17.2 Å². The number of nitrogen functional groups attached to an aromatic ring is 1. The van der Waals surface area contributed by atoms with E-state index < -0.39 is 5.92 Å². The first-order chi connectivity index (χ1) is 22.6. The summed E-state index contributed by atoms with van der Waals surface area (Å²) in [5.74, 6) is -1.37. The lowest BCUT2D eigenvalue weighted by molar-refractivity contribution is -0.130. The van der Waals surface area contributed by atoms with Crippen molar-refractivity contribution >= 4 is 40.7 Å². The second kappa shape index (κ2) is 15.6. The van der Waals surface area contributed by atoms with Crippen LogP contribution in [0.2, 0.25) is 0 Å². The van der Waals surface area contributed by atoms with Crippen LogP contribution in [0.3, 0.4) is 0 Å². The first-order valence-electron chi connectivity index (χ1n) is 16.1. The summed E-state index contributed by atoms with van der Waals surface area (Å²) < 4.78 is 0. The Morgan fingerprint density at radius 3 is 1.74 bits per heavy atom. The molecule has 6 bridgehead atoms. The van der Waals surface area contributed by atoms with Crippen molar-refractivity contribution in [1.29, 1.82) is 5.41 Å². The molecule has 11 heteroatoms. The number of amides is 3. The lowest BCUT2D eigenvalue weighted by Crippen LogP contribution is -2.50. The van der Waals surface area contributed by atoms with E-state index in [4.69, 9.17) is 11.1 Å². The Labute approximate surface area is 275 Å². The zero-order valence-electron chi connectivity index (χ0n) is 26.8. The summed E-state index contributed by atoms with van der Waals surface area (Å²) in [5, 5.41) is 16.5. The van der Waals surface area contributed by atoms with Crippen LogP contribution in [0.1, 0.15) is 35.6 Å². The van der Waals surface area contributed by atoms with Crippen molar-refractivity contribution in [1.82, 2.24) is 15.1 Å². The average Bonchev–Trinajstić information content (AvgIpc) is 3.05. The Morgan fingerprint density at radius 1 is 0.766 bits per heavy atom. The first kappa shape index (κ1) is 33.5. The number of carbonyl (C=O) groups excluding carboxylic acids is 4. The van der Waals surface area contributed by atoms with Gasteiger partial charge in [-0.25, -0.2) is 0 Å². The first-order valence-corrected chi connectivity index (χ1v) is 16.1. The van der Waals surface area contributed by atoms with Gasteiger partial charge in [0, 0.05) is 67.9 Å². The predicted octanol–water partition coefficient (Wildman–Crippen LogP) is 2.79. The standard InChI is InChI=1S/C36H43N7O4/c1-24-18-25-4-10-30(11-5-25)40-33(45)22-42-14-16-43(17-15-42)23-34(46)41-31-12-6-26(7-13-31)19-29(20-32(24)44)36(47)39-21-27-2-8-28(9-3-27)35(37)38/h2-13,24,29H,14-23H2,1H3,(H3,37,38)(H,39,47)(H,40,45)(H,41,46)/t24-,29-/m1/s1. The highest BCUT2D eigenvalue weighted by Crippen LogP contribution is 2.21. The molecule has 0 aromatic heterocycles. The number of piperazine rings is 1. The number of ketones is 1. The minimum absolute atomic E-state index is 0.00853. The van der Waals surface area contributed by atoms with Gasteiger partial charge in [0.2, 0.25) is 17.7 Å². The second-order valence-electron chi connectivity index (χ2n) is 12.5. The molecule has 0 saturated carbocycles. The SMILES string of the molecule is C[C@@H]1Cc2ccc(cc2)NC(=O)CN2CCN(CC2)CC(=O)Nc2ccc(cc2)C[C@@H](C(=O)NCc2ccc(C(=N)N)cc2)CC1=O. The minimum atomic E-state index is -0.594. The molecule has 3 aromatic carbocycles. The average molecular weight is 638 g/mol. The smallest absolute Gasteiger partial charge is 0.238 e. The Morgan fingerprint density at radius 2 is 1.26 bits per heavy atom. The van der Waals surface area contributed by atoms with E-state index >= 15 is 0 Å². The molecule has 246 valence electrons. The number of amidine groups is 1. The van der Waals surface area contributed by atoms with E-state index in [1.165, 1.54) is 0 Å². The largest absolute Gasteiger partial charge is 0.384 e. The molecule has 0 unspecified atom stereocenters. The number of anilines is 2. The summed E-state index contributed by atoms with van der Waals surface area (Å²) in [4.78, 5) is 56.7. The number of fused-ring (bicyclic) bond motifs is 1. The molecule has 2 atom stereocenters. The van der Waals surface area contributed by atoms with Crippen LogP contribution in [-0.2, 0) is 38.6 Å². The fourth-order valence-corrected chi connectivity index (χ4v) is 5.95. The molecule has 3 amide bonds. The summed E-state index contributed by atoms with van der Waals surface area (Å²) in [6.07, 6.45) is 0.957. The third-order valence-corrected chi connectivity index (χ3v) is 8.80. The molecule has 0 aliphatic carbocycles. The highest BCUT2D eigenvalue weighted by atomic mass is 16.2. The van der Waals surface area contributed by atoms with Gasteiger partial charge in [0.25, 0.3) is 0 Å². The summed E-state index contributed by atoms with van der Waals surface area (Å²) >= 11 is 0. The normalized spacial score (nSPS) is 22.6. The monoisotopic (exact) mass is 637 g/mol. The van der Waals surface area contributed by atoms with E-state index in [1.807, 2.05) is 67.6 Å². The molecule has 11 nitrogen and oxygen atoms in total. The summed E-state index contributed by atoms with van der Waals surface area (Å²) in [6, 6.07) is 22.1. The van der Waals surface area contributed by atoms with Gasteiger partial charge in [0.05, 0.1) is 13.1 Å². The van der Waals surface area contributed by atoms with E-state index in [2.05, 4.69) is 25.8 Å². The van der Waals surface area contributed by atoms with Gasteiger partial charge in [-0.15, -0.1) is 0 Å². The van der Waals surface area contributed by atoms with E-state index in [0.29, 0.717) is 56.0 Å². The van der Waals surface area contributed by atoms with E-state index in [0.717, 1.165) is 16.7 Å². The van der Waals surface area contributed by atoms with Crippen LogP contribution in [0.5, 0.6) is 0 Å². The van der Waals surface area contributed by atoms with Crippen LogP contribution >= 0.6 is 0 Å². The molecule has 1 saturated heterocycles. The Kier molecular flexibility index (Phi) is 11.1. The summed E-state index contributed by atoms with van der Waals surface area (Å²) in [6.45, 7) is 5.47. The molecule has 3 aromatic rings. The number of hydrogen-bond acceptors (Lipinski definition) is 7. The van der Waals surface area contributed by atoms with Crippen molar-refractivity contribution in [2.75, 3.05) is 49.9 Å². The molecule has 6 N–H and O–H groups in total. The minimum Gasteiger partial charge on any atom is -0.384 e. The van der Waals surface area contributed by atoms with Crippen molar-refractivity contribution in [2.24, 2.45) is 17.6 Å². The van der Waals surface area contributed by atoms with Crippen LogP contribution < -0.4 is 21.7 Å². The zero-order chi connectivity index (χ0) is 33.3. The Hall–Kier alpha value is -4.87. The van der Waals surface area contributed by atoms with Crippen molar-refractivity contribution in [3.8, 4) is 0 Å². The number of rotatable bonds is 4. The zero-order valence-corrected chi connectivity index (χ0v) is 26.8. The fourth-order valence-electron chi connectivity index (χ4n) is 5.95. The number of carbonyl (C=O) groups is 4. The molecule has 6 heterocycles. The molecule has 0 radical (unpaired) electrons. The number of nitrogens with two attached hydrogens (primary N) is 1.